The summed E-state index contributed by atoms with van der Waals surface area (Å²) in [6.07, 6.45) is 35.8. The second-order valence-electron chi connectivity index (χ2n) is 13.7. The number of nitrogens with one attached hydrogen (secondary N) is 2. The molecule has 4 N–H and O–H groups in total. The number of nitriles is 1. The minimum atomic E-state index is -0.0610. The lowest BCUT2D eigenvalue weighted by Gasteiger charge is -2.38. The van der Waals surface area contributed by atoms with Crippen molar-refractivity contribution in [3.63, 3.8) is 0 Å². The fraction of sp³-hybridized carbons (Fsp3) is 0.420. The maximum atomic E-state index is 13.2. The molecule has 0 bridgehead atoms. The van der Waals surface area contributed by atoms with Crippen LogP contribution in [0.4, 0.5) is 0 Å². The Hall–Kier alpha value is -5.91. The quantitative estimate of drug-likeness (QED) is 0.222. The van der Waals surface area contributed by atoms with E-state index in [-0.39, 0.29) is 11.9 Å². The Labute approximate surface area is 352 Å². The number of carbonyl (C=O) groups excluding carboxylic acids is 1. The van der Waals surface area contributed by atoms with Gasteiger partial charge in [-0.15, -0.1) is 25.2 Å². The third kappa shape index (κ3) is 17.1. The highest BCUT2D eigenvalue weighted by Crippen LogP contribution is 2.36. The fourth-order valence-corrected chi connectivity index (χ4v) is 6.67. The highest BCUT2D eigenvalue weighted by molar-refractivity contribution is 6.02. The zero-order valence-corrected chi connectivity index (χ0v) is 36.9. The number of hydrogen-bond donors (Lipinski definition) is 3. The number of terminal acetylenes is 2. The first kappa shape index (κ1) is 52.1. The number of nitrogens with zero attached hydrogens (tertiary/aromatic N) is 4. The minimum absolute atomic E-state index is 0.0610. The number of carbonyl (C=O) groups is 1. The zero-order valence-electron chi connectivity index (χ0n) is 36.9. The third-order valence-corrected chi connectivity index (χ3v) is 9.59. The first-order chi connectivity index (χ1) is 27.9. The molecule has 58 heavy (non-hydrogen) atoms. The van der Waals surface area contributed by atoms with E-state index >= 15 is 0 Å². The minimum Gasteiger partial charge on any atom is -0.397 e. The second kappa shape index (κ2) is 29.3. The van der Waals surface area contributed by atoms with E-state index < -0.39 is 0 Å². The number of allylic oxidation sites excluding steroid dienone is 12. The molecule has 2 aliphatic heterocycles. The summed E-state index contributed by atoms with van der Waals surface area (Å²) in [6.45, 7) is 32.2. The third-order valence-electron chi connectivity index (χ3n) is 9.59. The first-order valence-electron chi connectivity index (χ1n) is 20.3. The van der Waals surface area contributed by atoms with Crippen molar-refractivity contribution in [2.45, 2.75) is 112 Å². The summed E-state index contributed by atoms with van der Waals surface area (Å²) in [6, 6.07) is 1.87. The van der Waals surface area contributed by atoms with E-state index in [2.05, 4.69) is 98.3 Å². The molecule has 1 atom stereocenters. The fourth-order valence-electron chi connectivity index (χ4n) is 6.67. The van der Waals surface area contributed by atoms with Gasteiger partial charge in [0.1, 0.15) is 11.5 Å². The largest absolute Gasteiger partial charge is 0.397 e. The molecule has 5 rings (SSSR count). The predicted molar refractivity (Wildman–Crippen MR) is 250 cm³/mol. The molecule has 0 spiro atoms. The van der Waals surface area contributed by atoms with Crippen LogP contribution >= 0.6 is 0 Å². The first-order valence-corrected chi connectivity index (χ1v) is 20.3. The maximum absolute atomic E-state index is 13.2. The van der Waals surface area contributed by atoms with Crippen LogP contribution in [-0.4, -0.2) is 54.1 Å². The zero-order chi connectivity index (χ0) is 44.2. The Morgan fingerprint density at radius 2 is 1.79 bits per heavy atom. The van der Waals surface area contributed by atoms with Gasteiger partial charge in [0.25, 0.3) is 5.91 Å². The molecule has 0 aromatic carbocycles. The molecule has 5 aliphatic rings. The summed E-state index contributed by atoms with van der Waals surface area (Å²) in [4.78, 5) is 22.2. The van der Waals surface area contributed by atoms with Crippen LogP contribution in [0.15, 0.2) is 136 Å². The molecule has 0 saturated heterocycles. The molecule has 0 aromatic rings. The lowest BCUT2D eigenvalue weighted by atomic mass is 9.91. The number of amides is 1. The molecule has 312 valence electrons. The Balaban J connectivity index is 0.000000978. The van der Waals surface area contributed by atoms with Crippen molar-refractivity contribution < 1.29 is 4.79 Å². The molecular formula is C50H71N7O. The van der Waals surface area contributed by atoms with Gasteiger partial charge in [0.15, 0.2) is 0 Å². The normalized spacial score (nSPS) is 20.0. The average molecular weight is 786 g/mol. The van der Waals surface area contributed by atoms with Crippen molar-refractivity contribution in [1.82, 2.24) is 20.4 Å². The van der Waals surface area contributed by atoms with E-state index in [9.17, 15) is 4.79 Å². The molecule has 0 saturated carbocycles. The van der Waals surface area contributed by atoms with E-state index in [1.54, 1.807) is 18.6 Å². The summed E-state index contributed by atoms with van der Waals surface area (Å²) in [5.74, 6) is 2.93. The van der Waals surface area contributed by atoms with Gasteiger partial charge >= 0.3 is 0 Å². The van der Waals surface area contributed by atoms with Gasteiger partial charge < -0.3 is 26.2 Å². The summed E-state index contributed by atoms with van der Waals surface area (Å²) in [7, 11) is 1.88. The SMILES string of the molecule is C#C.C#CC.C=C/C1=C/C(=C)CCC(NC(=O)C2=CCC(C(=C)NCC)=N/C(=C/C)N2C)CCC1.C=C1CC(N2CCC3=C(C=C(C)C=CC3)C2)=C1N.CC.CC#N. The summed E-state index contributed by atoms with van der Waals surface area (Å²) >= 11 is 0. The maximum Gasteiger partial charge on any atom is 0.267 e. The molecule has 3 aliphatic carbocycles. The van der Waals surface area contributed by atoms with Gasteiger partial charge in [0.05, 0.1) is 17.5 Å². The molecule has 2 heterocycles. The Bertz CT molecular complexity index is 1790. The van der Waals surface area contributed by atoms with Gasteiger partial charge in [-0.2, -0.15) is 5.26 Å². The van der Waals surface area contributed by atoms with Crippen LogP contribution in [0, 0.1) is 36.5 Å². The second-order valence-corrected chi connectivity index (χ2v) is 13.7. The van der Waals surface area contributed by atoms with Crippen molar-refractivity contribution in [1.29, 1.82) is 5.26 Å². The number of aliphatic imine (C=N–C) groups is 1. The van der Waals surface area contributed by atoms with Gasteiger partial charge in [0.2, 0.25) is 0 Å². The van der Waals surface area contributed by atoms with Crippen molar-refractivity contribution in [3.8, 4) is 31.3 Å². The molecule has 0 fully saturated rings. The van der Waals surface area contributed by atoms with Crippen LogP contribution in [0.2, 0.25) is 0 Å². The summed E-state index contributed by atoms with van der Waals surface area (Å²) in [5.41, 5.74) is 18.3. The van der Waals surface area contributed by atoms with Gasteiger partial charge in [-0.1, -0.05) is 87.3 Å². The number of rotatable bonds is 7. The number of nitrogens with two attached hydrogens (primary N) is 1. The van der Waals surface area contributed by atoms with Crippen LogP contribution in [0.25, 0.3) is 0 Å². The highest BCUT2D eigenvalue weighted by Gasteiger charge is 2.28. The van der Waals surface area contributed by atoms with Crippen LogP contribution in [0.5, 0.6) is 0 Å². The molecular weight excluding hydrogens is 715 g/mol. The van der Waals surface area contributed by atoms with Gasteiger partial charge in [-0.25, -0.2) is 4.99 Å². The van der Waals surface area contributed by atoms with Crippen molar-refractivity contribution >= 4 is 11.6 Å². The van der Waals surface area contributed by atoms with Crippen LogP contribution < -0.4 is 16.4 Å². The summed E-state index contributed by atoms with van der Waals surface area (Å²) in [5, 5.41) is 13.8. The Kier molecular flexibility index (Phi) is 26.4. The number of likely N-dealkylation sites (N-methyl/N-ethyl adjacent to an activating group) is 1. The van der Waals surface area contributed by atoms with E-state index in [1.165, 1.54) is 29.3 Å². The highest BCUT2D eigenvalue weighted by atomic mass is 16.2. The number of hydrogen-bond acceptors (Lipinski definition) is 7. The van der Waals surface area contributed by atoms with Gasteiger partial charge in [-0.05, 0) is 102 Å². The summed E-state index contributed by atoms with van der Waals surface area (Å²) < 4.78 is 0. The van der Waals surface area contributed by atoms with Crippen LogP contribution in [-0.2, 0) is 4.79 Å². The van der Waals surface area contributed by atoms with Crippen molar-refractivity contribution in [3.05, 3.63) is 131 Å². The van der Waals surface area contributed by atoms with E-state index in [4.69, 9.17) is 16.0 Å². The van der Waals surface area contributed by atoms with Gasteiger partial charge in [0, 0.05) is 63.9 Å². The standard InChI is InChI=1S/C25H36N4O.C16H20N2.C3H4.C2H3N.C2H6.C2H2/c1-7-20-11-10-12-21(14-13-18(4)17-20)27-25(30)23-16-15-22(19(5)26-9-3)28-24(8-2)29(23)6;1-11-4-3-5-13-6-7-18(10-14(13)8-11)15-9-12(2)16(15)17;1-3-2;1-2-3;2*1-2/h7-8,16-17,21,26H,1,4-5,9-15H2,2-3,6H3,(H,27,30);3-4,8H,2,5-7,9-10,17H2,1H3;1H,2H3;1H3;1-2H3;1-2H/b20-17-,24-8-;;;;;. The molecule has 0 radical (unpaired) electrons. The Morgan fingerprint density at radius 1 is 1.14 bits per heavy atom. The predicted octanol–water partition coefficient (Wildman–Crippen LogP) is 10.2. The van der Waals surface area contributed by atoms with Crippen molar-refractivity contribution in [2.75, 3.05) is 26.7 Å². The van der Waals surface area contributed by atoms with E-state index in [1.807, 2.05) is 57.9 Å². The van der Waals surface area contributed by atoms with Crippen molar-refractivity contribution in [2.24, 2.45) is 10.7 Å². The van der Waals surface area contributed by atoms with Crippen LogP contribution in [0.3, 0.4) is 0 Å². The lowest BCUT2D eigenvalue weighted by molar-refractivity contribution is -0.119. The monoisotopic (exact) mass is 786 g/mol. The van der Waals surface area contributed by atoms with E-state index in [0.717, 1.165) is 105 Å². The average Bonchev–Trinajstić information content (AvgIpc) is 3.48. The molecule has 8 heteroatoms. The smallest absolute Gasteiger partial charge is 0.267 e. The van der Waals surface area contributed by atoms with Gasteiger partial charge in [-0.3, -0.25) is 4.79 Å². The molecule has 1 amide bonds. The molecule has 8 nitrogen and oxygen atoms in total. The molecule has 0 aromatic heterocycles. The Morgan fingerprint density at radius 3 is 2.36 bits per heavy atom. The van der Waals surface area contributed by atoms with Crippen LogP contribution in [0.1, 0.15) is 106 Å². The van der Waals surface area contributed by atoms with E-state index in [0.29, 0.717) is 12.1 Å². The topological polar surface area (TPSA) is 110 Å². The molecule has 1 unspecified atom stereocenters. The lowest BCUT2D eigenvalue weighted by Crippen LogP contribution is -2.39.